The first kappa shape index (κ1) is 21.4. The molecule has 31 heavy (non-hydrogen) atoms. The molecule has 1 saturated heterocycles. The molecule has 1 aliphatic heterocycles. The van der Waals surface area contributed by atoms with E-state index in [4.69, 9.17) is 9.47 Å². The highest BCUT2D eigenvalue weighted by Gasteiger charge is 2.29. The van der Waals surface area contributed by atoms with Gasteiger partial charge < -0.3 is 14.4 Å². The predicted molar refractivity (Wildman–Crippen MR) is 107 cm³/mol. The number of carbonyl (C=O) groups excluding carboxylic acids is 1. The fourth-order valence-electron chi connectivity index (χ4n) is 3.73. The lowest BCUT2D eigenvalue weighted by Gasteiger charge is -2.20. The van der Waals surface area contributed by atoms with Gasteiger partial charge in [-0.1, -0.05) is 0 Å². The maximum atomic E-state index is 14.9. The molecule has 1 aliphatic carbocycles. The van der Waals surface area contributed by atoms with Crippen molar-refractivity contribution in [3.05, 3.63) is 35.8 Å². The van der Waals surface area contributed by atoms with Crippen LogP contribution in [0, 0.1) is 29.3 Å². The van der Waals surface area contributed by atoms with Crippen LogP contribution in [0.1, 0.15) is 32.6 Å². The Bertz CT molecular complexity index is 945. The fourth-order valence-corrected chi connectivity index (χ4v) is 3.73. The van der Waals surface area contributed by atoms with Gasteiger partial charge in [0.05, 0.1) is 25.8 Å². The van der Waals surface area contributed by atoms with E-state index in [9.17, 15) is 18.0 Å². The minimum Gasteiger partial charge on any atom is -0.475 e. The lowest BCUT2D eigenvalue weighted by molar-refractivity contribution is -0.144. The smallest absolute Gasteiger partial charge is 0.306 e. The number of anilines is 1. The zero-order valence-corrected chi connectivity index (χ0v) is 17.2. The Morgan fingerprint density at radius 2 is 1.87 bits per heavy atom. The molecule has 0 amide bonds. The molecule has 1 aromatic heterocycles. The van der Waals surface area contributed by atoms with Crippen LogP contribution >= 0.6 is 0 Å². The molecule has 2 aliphatic rings. The zero-order valence-electron chi connectivity index (χ0n) is 17.2. The number of halogens is 3. The Morgan fingerprint density at radius 1 is 1.13 bits per heavy atom. The van der Waals surface area contributed by atoms with E-state index in [1.165, 1.54) is 0 Å². The van der Waals surface area contributed by atoms with E-state index in [0.29, 0.717) is 38.6 Å². The predicted octanol–water partition coefficient (Wildman–Crippen LogP) is 4.13. The SMILES string of the molecule is CCOC(=O)CC1CCN(c2c(F)cc(-c3ncc(F)c(OCC4CC4)n3)cc2F)C1. The van der Waals surface area contributed by atoms with Crippen molar-refractivity contribution >= 4 is 11.7 Å². The van der Waals surface area contributed by atoms with Gasteiger partial charge in [0.15, 0.2) is 5.82 Å². The topological polar surface area (TPSA) is 64.5 Å². The Kier molecular flexibility index (Phi) is 6.29. The summed E-state index contributed by atoms with van der Waals surface area (Å²) >= 11 is 0. The molecule has 0 N–H and O–H groups in total. The number of aromatic nitrogens is 2. The molecule has 4 rings (SSSR count). The van der Waals surface area contributed by atoms with Gasteiger partial charge in [0.1, 0.15) is 17.3 Å². The second-order valence-electron chi connectivity index (χ2n) is 8.00. The number of nitrogens with zero attached hydrogens (tertiary/aromatic N) is 3. The second-order valence-corrected chi connectivity index (χ2v) is 8.00. The molecule has 9 heteroatoms. The number of rotatable bonds is 8. The van der Waals surface area contributed by atoms with E-state index in [1.807, 2.05) is 0 Å². The van der Waals surface area contributed by atoms with Crippen LogP contribution in [0.5, 0.6) is 5.88 Å². The largest absolute Gasteiger partial charge is 0.475 e. The molecule has 2 heterocycles. The van der Waals surface area contributed by atoms with E-state index in [-0.39, 0.29) is 41.3 Å². The van der Waals surface area contributed by atoms with Gasteiger partial charge in [0, 0.05) is 18.7 Å². The fraction of sp³-hybridized carbons (Fsp3) is 0.500. The second kappa shape index (κ2) is 9.11. The number of carbonyl (C=O) groups is 1. The van der Waals surface area contributed by atoms with Crippen molar-refractivity contribution in [2.45, 2.75) is 32.6 Å². The summed E-state index contributed by atoms with van der Waals surface area (Å²) in [6, 6.07) is 2.27. The van der Waals surface area contributed by atoms with Crippen LogP contribution in [0.25, 0.3) is 11.4 Å². The van der Waals surface area contributed by atoms with Crippen LogP contribution < -0.4 is 9.64 Å². The van der Waals surface area contributed by atoms with Crippen LogP contribution in [0.3, 0.4) is 0 Å². The number of hydrogen-bond donors (Lipinski definition) is 0. The standard InChI is InChI=1S/C22H24F3N3O3/c1-2-30-19(29)7-14-5-6-28(11-14)20-16(23)8-15(9-17(20)24)21-26-10-18(25)22(27-21)31-12-13-3-4-13/h8-10,13-14H,2-7,11-12H2,1H3. The summed E-state index contributed by atoms with van der Waals surface area (Å²) in [7, 11) is 0. The van der Waals surface area contributed by atoms with Crippen molar-refractivity contribution < 1.29 is 27.4 Å². The Labute approximate surface area is 178 Å². The molecule has 6 nitrogen and oxygen atoms in total. The van der Waals surface area contributed by atoms with E-state index in [1.54, 1.807) is 11.8 Å². The van der Waals surface area contributed by atoms with Crippen molar-refractivity contribution in [1.82, 2.24) is 9.97 Å². The number of ether oxygens (including phenoxy) is 2. The van der Waals surface area contributed by atoms with Crippen molar-refractivity contribution in [2.24, 2.45) is 11.8 Å². The highest BCUT2D eigenvalue weighted by atomic mass is 19.1. The molecule has 1 aromatic carbocycles. The molecule has 0 bridgehead atoms. The first-order chi connectivity index (χ1) is 14.9. The van der Waals surface area contributed by atoms with Gasteiger partial charge in [-0.2, -0.15) is 9.37 Å². The van der Waals surface area contributed by atoms with Crippen LogP contribution in [0.4, 0.5) is 18.9 Å². The molecule has 2 fully saturated rings. The normalized spacial score (nSPS) is 18.3. The number of benzene rings is 1. The summed E-state index contributed by atoms with van der Waals surface area (Å²) in [5.41, 5.74) is -0.0558. The minimum absolute atomic E-state index is 0.0156. The molecule has 2 aromatic rings. The number of esters is 1. The third-order valence-corrected chi connectivity index (χ3v) is 5.50. The van der Waals surface area contributed by atoms with Gasteiger partial charge in [-0.15, -0.1) is 0 Å². The lowest BCUT2D eigenvalue weighted by atomic mass is 10.1. The summed E-state index contributed by atoms with van der Waals surface area (Å²) in [5.74, 6) is -2.41. The quantitative estimate of drug-likeness (QED) is 0.581. The summed E-state index contributed by atoms with van der Waals surface area (Å²) in [6.45, 7) is 3.19. The van der Waals surface area contributed by atoms with E-state index < -0.39 is 17.5 Å². The Balaban J connectivity index is 1.50. The van der Waals surface area contributed by atoms with E-state index >= 15 is 0 Å². The average Bonchev–Trinajstić information content (AvgIpc) is 3.45. The molecular weight excluding hydrogens is 411 g/mol. The third kappa shape index (κ3) is 5.08. The molecule has 0 radical (unpaired) electrons. The first-order valence-electron chi connectivity index (χ1n) is 10.5. The van der Waals surface area contributed by atoms with Crippen LogP contribution in [0.2, 0.25) is 0 Å². The number of hydrogen-bond acceptors (Lipinski definition) is 6. The van der Waals surface area contributed by atoms with Crippen LogP contribution in [-0.4, -0.2) is 42.2 Å². The summed E-state index contributed by atoms with van der Waals surface area (Å²) in [5, 5.41) is 0. The van der Waals surface area contributed by atoms with Crippen LogP contribution in [0.15, 0.2) is 18.3 Å². The van der Waals surface area contributed by atoms with Crippen molar-refractivity contribution in [3.8, 4) is 17.3 Å². The van der Waals surface area contributed by atoms with E-state index in [2.05, 4.69) is 9.97 Å². The minimum atomic E-state index is -0.764. The van der Waals surface area contributed by atoms with Crippen LogP contribution in [-0.2, 0) is 9.53 Å². The van der Waals surface area contributed by atoms with Crippen molar-refractivity contribution in [2.75, 3.05) is 31.2 Å². The Morgan fingerprint density at radius 3 is 2.55 bits per heavy atom. The molecule has 0 spiro atoms. The summed E-state index contributed by atoms with van der Waals surface area (Å²) in [6.07, 6.45) is 3.87. The maximum absolute atomic E-state index is 14.9. The molecule has 1 saturated carbocycles. The highest BCUT2D eigenvalue weighted by Crippen LogP contribution is 2.34. The molecule has 1 unspecified atom stereocenters. The van der Waals surface area contributed by atoms with Gasteiger partial charge in [-0.3, -0.25) is 4.79 Å². The first-order valence-corrected chi connectivity index (χ1v) is 10.5. The summed E-state index contributed by atoms with van der Waals surface area (Å²) in [4.78, 5) is 21.1. The third-order valence-electron chi connectivity index (χ3n) is 5.50. The van der Waals surface area contributed by atoms with Crippen molar-refractivity contribution in [3.63, 3.8) is 0 Å². The maximum Gasteiger partial charge on any atom is 0.306 e. The van der Waals surface area contributed by atoms with Crippen molar-refractivity contribution in [1.29, 1.82) is 0 Å². The summed E-state index contributed by atoms with van der Waals surface area (Å²) < 4.78 is 54.0. The Hall–Kier alpha value is -2.84. The van der Waals surface area contributed by atoms with Gasteiger partial charge in [0.25, 0.3) is 5.88 Å². The van der Waals surface area contributed by atoms with E-state index in [0.717, 1.165) is 31.2 Å². The monoisotopic (exact) mass is 435 g/mol. The average molecular weight is 435 g/mol. The zero-order chi connectivity index (χ0) is 22.0. The molecule has 1 atom stereocenters. The molecular formula is C22H24F3N3O3. The van der Waals surface area contributed by atoms with Gasteiger partial charge in [0.2, 0.25) is 5.82 Å². The highest BCUT2D eigenvalue weighted by molar-refractivity contribution is 5.70. The van der Waals surface area contributed by atoms with Gasteiger partial charge >= 0.3 is 5.97 Å². The lowest BCUT2D eigenvalue weighted by Crippen LogP contribution is -2.23. The van der Waals surface area contributed by atoms with Gasteiger partial charge in [-0.25, -0.2) is 13.8 Å². The molecule has 166 valence electrons. The van der Waals surface area contributed by atoms with Gasteiger partial charge in [-0.05, 0) is 50.2 Å².